The molecule has 0 spiro atoms. The van der Waals surface area contributed by atoms with Gasteiger partial charge in [-0.05, 0) is 60.3 Å². The lowest BCUT2D eigenvalue weighted by atomic mass is 10.0. The Morgan fingerprint density at radius 3 is 2.70 bits per heavy atom. The van der Waals surface area contributed by atoms with Crippen molar-refractivity contribution in [2.75, 3.05) is 24.5 Å². The van der Waals surface area contributed by atoms with Crippen molar-refractivity contribution in [3.63, 3.8) is 0 Å². The van der Waals surface area contributed by atoms with Crippen molar-refractivity contribution < 1.29 is 0 Å². The zero-order valence-corrected chi connectivity index (χ0v) is 12.5. The second-order valence-corrected chi connectivity index (χ2v) is 6.08. The van der Waals surface area contributed by atoms with Gasteiger partial charge < -0.3 is 10.2 Å². The molecule has 0 aliphatic carbocycles. The summed E-state index contributed by atoms with van der Waals surface area (Å²) in [6.07, 6.45) is 7.35. The fraction of sp³-hybridized carbons (Fsp3) is 0.438. The van der Waals surface area contributed by atoms with Gasteiger partial charge in [0.05, 0.1) is 0 Å². The van der Waals surface area contributed by atoms with Crippen LogP contribution < -0.4 is 10.2 Å². The van der Waals surface area contributed by atoms with E-state index in [0.29, 0.717) is 6.04 Å². The van der Waals surface area contributed by atoms with E-state index < -0.39 is 0 Å². The van der Waals surface area contributed by atoms with Gasteiger partial charge in [0.2, 0.25) is 0 Å². The van der Waals surface area contributed by atoms with E-state index in [1.54, 1.807) is 11.3 Å². The lowest BCUT2D eigenvalue weighted by molar-refractivity contribution is 0.417. The molecule has 2 aromatic heterocycles. The smallest absolute Gasteiger partial charge is 0.0397 e. The van der Waals surface area contributed by atoms with Crippen molar-refractivity contribution in [1.82, 2.24) is 10.3 Å². The van der Waals surface area contributed by atoms with Crippen LogP contribution in [0.1, 0.15) is 18.4 Å². The first kappa shape index (κ1) is 13.6. The number of pyridine rings is 1. The quantitative estimate of drug-likeness (QED) is 0.916. The van der Waals surface area contributed by atoms with E-state index in [-0.39, 0.29) is 0 Å². The van der Waals surface area contributed by atoms with Gasteiger partial charge in [-0.15, -0.1) is 0 Å². The number of nitrogens with one attached hydrogen (secondary N) is 1. The predicted molar refractivity (Wildman–Crippen MR) is 85.5 cm³/mol. The Bertz CT molecular complexity index is 490. The summed E-state index contributed by atoms with van der Waals surface area (Å²) in [6, 6.07) is 7.10. The van der Waals surface area contributed by atoms with Crippen LogP contribution in [0.5, 0.6) is 0 Å². The fourth-order valence-corrected chi connectivity index (χ4v) is 3.46. The molecule has 1 saturated heterocycles. The lowest BCUT2D eigenvalue weighted by Crippen LogP contribution is -2.43. The van der Waals surface area contributed by atoms with Crippen LogP contribution >= 0.6 is 11.3 Å². The van der Waals surface area contributed by atoms with Gasteiger partial charge in [-0.3, -0.25) is 4.98 Å². The molecule has 106 valence electrons. The van der Waals surface area contributed by atoms with Crippen molar-refractivity contribution >= 4 is 17.0 Å². The molecule has 1 fully saturated rings. The molecule has 0 radical (unpaired) electrons. The molecule has 2 aromatic rings. The highest BCUT2D eigenvalue weighted by Crippen LogP contribution is 2.18. The standard InChI is InChI=1S/C16H21N3S/c1(14-6-12-20-13-14)9-18-15-4-10-19(11-5-15)16-2-7-17-8-3-16/h2-3,6-8,12-13,15,18H,1,4-5,9-11H2. The molecule has 1 aliphatic heterocycles. The largest absolute Gasteiger partial charge is 0.371 e. The normalized spacial score (nSPS) is 16.5. The highest BCUT2D eigenvalue weighted by Gasteiger charge is 2.18. The number of thiophene rings is 1. The van der Waals surface area contributed by atoms with E-state index >= 15 is 0 Å². The minimum absolute atomic E-state index is 0.673. The molecular formula is C16H21N3S. The summed E-state index contributed by atoms with van der Waals surface area (Å²) in [5.41, 5.74) is 2.76. The Balaban J connectivity index is 1.40. The lowest BCUT2D eigenvalue weighted by Gasteiger charge is -2.34. The summed E-state index contributed by atoms with van der Waals surface area (Å²) in [6.45, 7) is 3.37. The highest BCUT2D eigenvalue weighted by atomic mass is 32.1. The van der Waals surface area contributed by atoms with E-state index in [0.717, 1.165) is 26.1 Å². The Kier molecular flexibility index (Phi) is 4.66. The molecule has 0 amide bonds. The summed E-state index contributed by atoms with van der Waals surface area (Å²) < 4.78 is 0. The molecule has 3 nitrogen and oxygen atoms in total. The molecule has 0 unspecified atom stereocenters. The van der Waals surface area contributed by atoms with E-state index in [4.69, 9.17) is 0 Å². The Morgan fingerprint density at radius 2 is 2.00 bits per heavy atom. The van der Waals surface area contributed by atoms with Gasteiger partial charge in [0, 0.05) is 37.2 Å². The Morgan fingerprint density at radius 1 is 1.20 bits per heavy atom. The summed E-state index contributed by atoms with van der Waals surface area (Å²) in [5.74, 6) is 0. The van der Waals surface area contributed by atoms with Gasteiger partial charge in [-0.25, -0.2) is 0 Å². The molecule has 4 heteroatoms. The average Bonchev–Trinajstić information content (AvgIpc) is 3.02. The second-order valence-electron chi connectivity index (χ2n) is 5.30. The van der Waals surface area contributed by atoms with Gasteiger partial charge in [-0.1, -0.05) is 0 Å². The maximum absolute atomic E-state index is 4.08. The molecule has 3 heterocycles. The molecule has 1 N–H and O–H groups in total. The van der Waals surface area contributed by atoms with Crippen LogP contribution in [0.3, 0.4) is 0 Å². The monoisotopic (exact) mass is 287 g/mol. The van der Waals surface area contributed by atoms with Crippen LogP contribution in [0, 0.1) is 0 Å². The summed E-state index contributed by atoms with van der Waals surface area (Å²) >= 11 is 1.78. The number of anilines is 1. The first-order chi connectivity index (χ1) is 9.92. The third-order valence-corrected chi connectivity index (χ3v) is 4.68. The number of hydrogen-bond donors (Lipinski definition) is 1. The predicted octanol–water partition coefficient (Wildman–Crippen LogP) is 2.94. The van der Waals surface area contributed by atoms with Crippen LogP contribution in [0.25, 0.3) is 0 Å². The van der Waals surface area contributed by atoms with Crippen molar-refractivity contribution in [1.29, 1.82) is 0 Å². The number of hydrogen-bond acceptors (Lipinski definition) is 4. The van der Waals surface area contributed by atoms with Crippen LogP contribution in [0.15, 0.2) is 41.4 Å². The number of piperidine rings is 1. The third-order valence-electron chi connectivity index (χ3n) is 3.95. The van der Waals surface area contributed by atoms with Gasteiger partial charge >= 0.3 is 0 Å². The van der Waals surface area contributed by atoms with Crippen LogP contribution in [-0.4, -0.2) is 30.7 Å². The van der Waals surface area contributed by atoms with Crippen molar-refractivity contribution in [2.45, 2.75) is 25.3 Å². The summed E-state index contributed by atoms with van der Waals surface area (Å²) in [5, 5.41) is 8.10. The average molecular weight is 287 g/mol. The SMILES string of the molecule is c1cc(N2CCC(NCCc3ccsc3)CC2)ccn1. The van der Waals surface area contributed by atoms with Crippen LogP contribution in [0.4, 0.5) is 5.69 Å². The molecule has 3 rings (SSSR count). The molecule has 1 aliphatic rings. The van der Waals surface area contributed by atoms with E-state index in [1.165, 1.54) is 24.1 Å². The maximum Gasteiger partial charge on any atom is 0.0397 e. The fourth-order valence-electron chi connectivity index (χ4n) is 2.75. The molecule has 0 bridgehead atoms. The van der Waals surface area contributed by atoms with E-state index in [9.17, 15) is 0 Å². The Hall–Kier alpha value is -1.39. The van der Waals surface area contributed by atoms with Crippen molar-refractivity contribution in [2.24, 2.45) is 0 Å². The first-order valence-electron chi connectivity index (χ1n) is 7.31. The van der Waals surface area contributed by atoms with Crippen LogP contribution in [-0.2, 0) is 6.42 Å². The molecule has 0 aromatic carbocycles. The minimum atomic E-state index is 0.673. The van der Waals surface area contributed by atoms with Gasteiger partial charge in [0.25, 0.3) is 0 Å². The van der Waals surface area contributed by atoms with Crippen LogP contribution in [0.2, 0.25) is 0 Å². The molecule has 0 saturated carbocycles. The maximum atomic E-state index is 4.08. The van der Waals surface area contributed by atoms with E-state index in [1.807, 2.05) is 12.4 Å². The molecule has 20 heavy (non-hydrogen) atoms. The minimum Gasteiger partial charge on any atom is -0.371 e. The van der Waals surface area contributed by atoms with Crippen molar-refractivity contribution in [3.05, 3.63) is 46.9 Å². The zero-order valence-electron chi connectivity index (χ0n) is 11.7. The topological polar surface area (TPSA) is 28.2 Å². The number of nitrogens with zero attached hydrogens (tertiary/aromatic N) is 2. The molecular weight excluding hydrogens is 266 g/mol. The first-order valence-corrected chi connectivity index (χ1v) is 8.25. The Labute approximate surface area is 124 Å². The number of aromatic nitrogens is 1. The van der Waals surface area contributed by atoms with E-state index in [2.05, 4.69) is 44.2 Å². The summed E-state index contributed by atoms with van der Waals surface area (Å²) in [4.78, 5) is 6.54. The third kappa shape index (κ3) is 3.58. The van der Waals surface area contributed by atoms with Gasteiger partial charge in [-0.2, -0.15) is 11.3 Å². The second kappa shape index (κ2) is 6.86. The van der Waals surface area contributed by atoms with Gasteiger partial charge in [0.15, 0.2) is 0 Å². The zero-order chi connectivity index (χ0) is 13.6. The van der Waals surface area contributed by atoms with Crippen molar-refractivity contribution in [3.8, 4) is 0 Å². The highest BCUT2D eigenvalue weighted by molar-refractivity contribution is 7.07. The summed E-state index contributed by atoms with van der Waals surface area (Å²) in [7, 11) is 0. The molecule has 0 atom stereocenters. The number of rotatable bonds is 5. The van der Waals surface area contributed by atoms with Gasteiger partial charge in [0.1, 0.15) is 0 Å².